The van der Waals surface area contributed by atoms with E-state index in [0.29, 0.717) is 5.69 Å². The lowest BCUT2D eigenvalue weighted by atomic mass is 10.1. The highest BCUT2D eigenvalue weighted by Gasteiger charge is 2.10. The van der Waals surface area contributed by atoms with Crippen molar-refractivity contribution in [3.8, 4) is 0 Å². The summed E-state index contributed by atoms with van der Waals surface area (Å²) in [6.07, 6.45) is 7.38. The molecule has 0 unspecified atom stereocenters. The molecule has 1 rings (SSSR count). The van der Waals surface area contributed by atoms with Gasteiger partial charge in [-0.25, -0.2) is 0 Å². The van der Waals surface area contributed by atoms with Crippen LogP contribution in [0.3, 0.4) is 0 Å². The number of nitrogens with two attached hydrogens (primary N) is 1. The summed E-state index contributed by atoms with van der Waals surface area (Å²) in [6, 6.07) is 0. The lowest BCUT2D eigenvalue weighted by molar-refractivity contribution is -0.121. The van der Waals surface area contributed by atoms with E-state index in [2.05, 4.69) is 17.3 Å². The molecule has 0 aliphatic rings. The SMILES string of the molecule is CCCCCCCCNC(=O)Cn1nc(C)c(N)c1C. The van der Waals surface area contributed by atoms with E-state index in [1.807, 2.05) is 13.8 Å². The molecule has 20 heavy (non-hydrogen) atoms. The Morgan fingerprint density at radius 2 is 1.85 bits per heavy atom. The normalized spacial score (nSPS) is 10.8. The minimum atomic E-state index is 0.00385. The van der Waals surface area contributed by atoms with Crippen molar-refractivity contribution in [1.82, 2.24) is 15.1 Å². The Bertz CT molecular complexity index is 426. The first-order chi connectivity index (χ1) is 9.56. The molecule has 5 heteroatoms. The number of nitrogens with one attached hydrogen (secondary N) is 1. The van der Waals surface area contributed by atoms with Gasteiger partial charge in [-0.15, -0.1) is 0 Å². The highest BCUT2D eigenvalue weighted by molar-refractivity contribution is 5.75. The molecule has 0 saturated carbocycles. The molecule has 0 radical (unpaired) electrons. The molecular formula is C15H28N4O. The number of hydrogen-bond acceptors (Lipinski definition) is 3. The fourth-order valence-corrected chi connectivity index (χ4v) is 2.19. The van der Waals surface area contributed by atoms with E-state index >= 15 is 0 Å². The molecule has 0 spiro atoms. The largest absolute Gasteiger partial charge is 0.396 e. The van der Waals surface area contributed by atoms with Gasteiger partial charge in [0.25, 0.3) is 0 Å². The highest BCUT2D eigenvalue weighted by atomic mass is 16.2. The third-order valence-electron chi connectivity index (χ3n) is 3.58. The van der Waals surface area contributed by atoms with Gasteiger partial charge in [-0.3, -0.25) is 9.48 Å². The number of anilines is 1. The minimum absolute atomic E-state index is 0.00385. The van der Waals surface area contributed by atoms with Crippen molar-refractivity contribution in [2.75, 3.05) is 12.3 Å². The van der Waals surface area contributed by atoms with Gasteiger partial charge < -0.3 is 11.1 Å². The van der Waals surface area contributed by atoms with Crippen molar-refractivity contribution in [3.63, 3.8) is 0 Å². The molecule has 0 bridgehead atoms. The van der Waals surface area contributed by atoms with Crippen LogP contribution in [0.4, 0.5) is 5.69 Å². The predicted molar refractivity (Wildman–Crippen MR) is 82.5 cm³/mol. The maximum absolute atomic E-state index is 11.8. The van der Waals surface area contributed by atoms with Crippen LogP contribution in [-0.2, 0) is 11.3 Å². The van der Waals surface area contributed by atoms with Gasteiger partial charge in [-0.1, -0.05) is 39.0 Å². The van der Waals surface area contributed by atoms with Crippen molar-refractivity contribution < 1.29 is 4.79 Å². The summed E-state index contributed by atoms with van der Waals surface area (Å²) in [4.78, 5) is 11.8. The lowest BCUT2D eigenvalue weighted by Gasteiger charge is -2.07. The Kier molecular flexibility index (Phi) is 7.12. The topological polar surface area (TPSA) is 72.9 Å². The zero-order chi connectivity index (χ0) is 15.0. The Labute approximate surface area is 121 Å². The molecule has 1 amide bonds. The van der Waals surface area contributed by atoms with Gasteiger partial charge in [0.15, 0.2) is 0 Å². The third kappa shape index (κ3) is 5.23. The molecule has 1 heterocycles. The summed E-state index contributed by atoms with van der Waals surface area (Å²) >= 11 is 0. The van der Waals surface area contributed by atoms with Crippen LogP contribution >= 0.6 is 0 Å². The van der Waals surface area contributed by atoms with E-state index in [0.717, 1.165) is 24.4 Å². The number of carbonyl (C=O) groups excluding carboxylic acids is 1. The first-order valence-electron chi connectivity index (χ1n) is 7.62. The van der Waals surface area contributed by atoms with Crippen molar-refractivity contribution in [2.24, 2.45) is 0 Å². The number of carbonyl (C=O) groups is 1. The first kappa shape index (κ1) is 16.5. The third-order valence-corrected chi connectivity index (χ3v) is 3.58. The molecule has 1 aromatic heterocycles. The van der Waals surface area contributed by atoms with Crippen LogP contribution in [0.25, 0.3) is 0 Å². The van der Waals surface area contributed by atoms with Crippen LogP contribution in [0.2, 0.25) is 0 Å². The first-order valence-corrected chi connectivity index (χ1v) is 7.62. The Morgan fingerprint density at radius 1 is 1.20 bits per heavy atom. The van der Waals surface area contributed by atoms with Gasteiger partial charge in [-0.05, 0) is 20.3 Å². The van der Waals surface area contributed by atoms with Crippen LogP contribution < -0.4 is 11.1 Å². The van der Waals surface area contributed by atoms with Gasteiger partial charge in [0, 0.05) is 6.54 Å². The summed E-state index contributed by atoms with van der Waals surface area (Å²) in [5, 5.41) is 7.20. The smallest absolute Gasteiger partial charge is 0.241 e. The number of aromatic nitrogens is 2. The molecule has 0 aromatic carbocycles. The summed E-state index contributed by atoms with van der Waals surface area (Å²) in [5.41, 5.74) is 8.16. The second-order valence-corrected chi connectivity index (χ2v) is 5.36. The van der Waals surface area contributed by atoms with Crippen molar-refractivity contribution in [2.45, 2.75) is 65.8 Å². The van der Waals surface area contributed by atoms with Crippen LogP contribution in [0.1, 0.15) is 56.8 Å². The fraction of sp³-hybridized carbons (Fsp3) is 0.733. The molecular weight excluding hydrogens is 252 g/mol. The van der Waals surface area contributed by atoms with Crippen LogP contribution in [0.5, 0.6) is 0 Å². The minimum Gasteiger partial charge on any atom is -0.396 e. The van der Waals surface area contributed by atoms with Crippen molar-refractivity contribution in [3.05, 3.63) is 11.4 Å². The monoisotopic (exact) mass is 280 g/mol. The van der Waals surface area contributed by atoms with Crippen LogP contribution in [0, 0.1) is 13.8 Å². The number of nitrogen functional groups attached to an aromatic ring is 1. The highest BCUT2D eigenvalue weighted by Crippen LogP contribution is 2.14. The number of unbranched alkanes of at least 4 members (excludes halogenated alkanes) is 5. The number of hydrogen-bond donors (Lipinski definition) is 2. The number of nitrogens with zero attached hydrogens (tertiary/aromatic N) is 2. The Morgan fingerprint density at radius 3 is 2.45 bits per heavy atom. The summed E-state index contributed by atoms with van der Waals surface area (Å²) in [5.74, 6) is 0.00385. The predicted octanol–water partition coefficient (Wildman–Crippen LogP) is 2.56. The van der Waals surface area contributed by atoms with Gasteiger partial charge >= 0.3 is 0 Å². The zero-order valence-corrected chi connectivity index (χ0v) is 13.0. The number of rotatable bonds is 9. The van der Waals surface area contributed by atoms with E-state index in [9.17, 15) is 4.79 Å². The molecule has 3 N–H and O–H groups in total. The van der Waals surface area contributed by atoms with Crippen molar-refractivity contribution >= 4 is 11.6 Å². The zero-order valence-electron chi connectivity index (χ0n) is 13.0. The second kappa shape index (κ2) is 8.61. The number of amides is 1. The van der Waals surface area contributed by atoms with Crippen LogP contribution in [-0.4, -0.2) is 22.2 Å². The lowest BCUT2D eigenvalue weighted by Crippen LogP contribution is -2.29. The molecule has 1 aromatic rings. The van der Waals surface area contributed by atoms with Gasteiger partial charge in [-0.2, -0.15) is 5.10 Å². The number of aryl methyl sites for hydroxylation is 1. The summed E-state index contributed by atoms with van der Waals surface area (Å²) in [7, 11) is 0. The van der Waals surface area contributed by atoms with E-state index < -0.39 is 0 Å². The second-order valence-electron chi connectivity index (χ2n) is 5.36. The summed E-state index contributed by atoms with van der Waals surface area (Å²) in [6.45, 7) is 6.95. The molecule has 0 fully saturated rings. The maximum atomic E-state index is 11.8. The molecule has 0 aliphatic heterocycles. The quantitative estimate of drug-likeness (QED) is 0.683. The molecule has 0 aliphatic carbocycles. The van der Waals surface area contributed by atoms with Crippen LogP contribution in [0.15, 0.2) is 0 Å². The van der Waals surface area contributed by atoms with E-state index in [4.69, 9.17) is 5.73 Å². The fourth-order valence-electron chi connectivity index (χ4n) is 2.19. The Hall–Kier alpha value is -1.52. The standard InChI is InChI=1S/C15H28N4O/c1-4-5-6-7-8-9-10-17-14(20)11-19-13(3)15(16)12(2)18-19/h4-11,16H2,1-3H3,(H,17,20). The summed E-state index contributed by atoms with van der Waals surface area (Å²) < 4.78 is 1.67. The molecule has 0 saturated heterocycles. The average Bonchev–Trinajstić information content (AvgIpc) is 2.65. The molecule has 5 nitrogen and oxygen atoms in total. The Balaban J connectivity index is 2.19. The average molecular weight is 280 g/mol. The molecule has 114 valence electrons. The van der Waals surface area contributed by atoms with E-state index in [1.165, 1.54) is 32.1 Å². The van der Waals surface area contributed by atoms with Gasteiger partial charge in [0.05, 0.1) is 17.1 Å². The van der Waals surface area contributed by atoms with Gasteiger partial charge in [0.2, 0.25) is 5.91 Å². The van der Waals surface area contributed by atoms with E-state index in [1.54, 1.807) is 4.68 Å². The van der Waals surface area contributed by atoms with E-state index in [-0.39, 0.29) is 12.5 Å². The maximum Gasteiger partial charge on any atom is 0.241 e. The molecule has 0 atom stereocenters. The van der Waals surface area contributed by atoms with Gasteiger partial charge in [0.1, 0.15) is 6.54 Å². The van der Waals surface area contributed by atoms with Crippen molar-refractivity contribution in [1.29, 1.82) is 0 Å².